The molecule has 2 aromatic heterocycles. The van der Waals surface area contributed by atoms with E-state index in [2.05, 4.69) is 26.1 Å². The van der Waals surface area contributed by atoms with Crippen LogP contribution in [-0.4, -0.2) is 22.3 Å². The Morgan fingerprint density at radius 2 is 1.77 bits per heavy atom. The second-order valence-corrected chi connectivity index (χ2v) is 7.75. The summed E-state index contributed by atoms with van der Waals surface area (Å²) in [7, 11) is 0. The van der Waals surface area contributed by atoms with E-state index in [4.69, 9.17) is 13.9 Å². The van der Waals surface area contributed by atoms with E-state index in [0.717, 1.165) is 0 Å². The van der Waals surface area contributed by atoms with Gasteiger partial charge in [0.1, 0.15) is 5.82 Å². The van der Waals surface area contributed by atoms with Gasteiger partial charge in [0.15, 0.2) is 22.3 Å². The van der Waals surface area contributed by atoms with Gasteiger partial charge in [-0.1, -0.05) is 23.5 Å². The minimum atomic E-state index is -1.16. The van der Waals surface area contributed by atoms with Gasteiger partial charge in [0, 0.05) is 0 Å². The maximum Gasteiger partial charge on any atom is 0.303 e. The Labute approximate surface area is 173 Å². The fraction of sp³-hybridized carbons (Fsp3) is 0.100. The van der Waals surface area contributed by atoms with Crippen molar-refractivity contribution < 1.29 is 18.3 Å². The van der Waals surface area contributed by atoms with Gasteiger partial charge in [-0.15, -0.1) is 10.2 Å². The van der Waals surface area contributed by atoms with Crippen molar-refractivity contribution in [3.8, 4) is 22.3 Å². The minimum absolute atomic E-state index is 0.355. The summed E-state index contributed by atoms with van der Waals surface area (Å²) in [5.74, 6) is 0.333. The number of halogens is 1. The van der Waals surface area contributed by atoms with Crippen molar-refractivity contribution in [1.29, 1.82) is 0 Å². The number of nitrogens with zero attached hydrogens (tertiary/aromatic N) is 2. The molecule has 8 nitrogen and oxygen atoms in total. The van der Waals surface area contributed by atoms with Crippen molar-refractivity contribution in [3.05, 3.63) is 66.7 Å². The number of anilines is 3. The van der Waals surface area contributed by atoms with E-state index in [1.165, 1.54) is 23.5 Å². The molecule has 0 bridgehead atoms. The number of benzene rings is 2. The molecule has 0 saturated heterocycles. The fourth-order valence-corrected chi connectivity index (χ4v) is 4.22. The molecular weight excluding hydrogens is 409 g/mol. The van der Waals surface area contributed by atoms with Crippen molar-refractivity contribution in [2.45, 2.75) is 12.1 Å². The van der Waals surface area contributed by atoms with Crippen LogP contribution < -0.4 is 25.4 Å². The third kappa shape index (κ3) is 2.72. The van der Waals surface area contributed by atoms with Crippen molar-refractivity contribution >= 4 is 27.8 Å². The Hall–Kier alpha value is -3.79. The van der Waals surface area contributed by atoms with Gasteiger partial charge in [-0.3, -0.25) is 0 Å². The first-order valence-corrected chi connectivity index (χ1v) is 9.94. The summed E-state index contributed by atoms with van der Waals surface area (Å²) < 4.78 is 31.3. The van der Waals surface area contributed by atoms with Crippen molar-refractivity contribution in [1.82, 2.24) is 10.2 Å². The summed E-state index contributed by atoms with van der Waals surface area (Å²) in [5, 5.41) is 19.4. The Kier molecular flexibility index (Phi) is 3.62. The Bertz CT molecular complexity index is 1210. The van der Waals surface area contributed by atoms with Crippen LogP contribution in [-0.2, 0) is 0 Å². The van der Waals surface area contributed by atoms with Crippen LogP contribution >= 0.6 is 11.3 Å². The third-order valence-electron chi connectivity index (χ3n) is 4.78. The predicted octanol–water partition coefficient (Wildman–Crippen LogP) is 4.34. The molecule has 1 unspecified atom stereocenters. The van der Waals surface area contributed by atoms with Crippen LogP contribution in [0, 0.1) is 5.82 Å². The number of hydrogen-bond acceptors (Lipinski definition) is 9. The highest BCUT2D eigenvalue weighted by molar-refractivity contribution is 7.18. The molecule has 4 aromatic rings. The van der Waals surface area contributed by atoms with Crippen LogP contribution in [0.5, 0.6) is 11.5 Å². The Balaban J connectivity index is 1.36. The van der Waals surface area contributed by atoms with E-state index in [0.29, 0.717) is 38.8 Å². The molecule has 6 rings (SSSR count). The van der Waals surface area contributed by atoms with Crippen LogP contribution in [0.2, 0.25) is 0 Å². The monoisotopic (exact) mass is 423 g/mol. The van der Waals surface area contributed by atoms with Crippen molar-refractivity contribution in [2.75, 3.05) is 16.0 Å². The van der Waals surface area contributed by atoms with Crippen LogP contribution in [0.15, 0.2) is 65.3 Å². The standard InChI is InChI=1S/C20H14FN5O3S/c21-11-7-8-12-13(10-11)23-20(22-12,18-28-14-4-1-2-5-15(14)29-18)24-19-26-25-17(30-19)16-6-3-9-27-16/h1-10,18,22-23H,(H,24,26). The van der Waals surface area contributed by atoms with E-state index < -0.39 is 12.1 Å². The van der Waals surface area contributed by atoms with Gasteiger partial charge in [-0.2, -0.15) is 0 Å². The second kappa shape index (κ2) is 6.36. The molecule has 10 heteroatoms. The Morgan fingerprint density at radius 3 is 2.53 bits per heavy atom. The number of aromatic nitrogens is 2. The smallest absolute Gasteiger partial charge is 0.303 e. The van der Waals surface area contributed by atoms with E-state index in [1.54, 1.807) is 18.4 Å². The number of furan rings is 1. The average molecular weight is 423 g/mol. The van der Waals surface area contributed by atoms with Crippen molar-refractivity contribution in [2.24, 2.45) is 0 Å². The highest BCUT2D eigenvalue weighted by atomic mass is 32.1. The number of hydrogen-bond donors (Lipinski definition) is 3. The fourth-order valence-electron chi connectivity index (χ4n) is 3.44. The number of para-hydroxylation sites is 2. The molecular formula is C20H14FN5O3S. The molecule has 0 aliphatic carbocycles. The summed E-state index contributed by atoms with van der Waals surface area (Å²) in [5.41, 5.74) is 1.27. The molecule has 0 fully saturated rings. The molecule has 0 radical (unpaired) electrons. The molecule has 0 spiro atoms. The highest BCUT2D eigenvalue weighted by Gasteiger charge is 2.51. The number of nitrogens with one attached hydrogen (secondary N) is 3. The minimum Gasteiger partial charge on any atom is -0.462 e. The number of ether oxygens (including phenoxy) is 2. The van der Waals surface area contributed by atoms with Gasteiger partial charge in [0.25, 0.3) is 5.79 Å². The van der Waals surface area contributed by atoms with E-state index in [1.807, 2.05) is 30.3 Å². The molecule has 0 amide bonds. The van der Waals surface area contributed by atoms with Gasteiger partial charge < -0.3 is 29.8 Å². The summed E-state index contributed by atoms with van der Waals surface area (Å²) in [6.07, 6.45) is 0.759. The van der Waals surface area contributed by atoms with Crippen LogP contribution in [0.25, 0.3) is 10.8 Å². The molecule has 150 valence electrons. The number of rotatable bonds is 4. The molecule has 2 aromatic carbocycles. The molecule has 2 aliphatic rings. The highest BCUT2D eigenvalue weighted by Crippen LogP contribution is 2.43. The topological polar surface area (TPSA) is 93.5 Å². The molecule has 2 aliphatic heterocycles. The maximum absolute atomic E-state index is 13.8. The predicted molar refractivity (Wildman–Crippen MR) is 109 cm³/mol. The summed E-state index contributed by atoms with van der Waals surface area (Å²) in [6.45, 7) is 0. The summed E-state index contributed by atoms with van der Waals surface area (Å²) in [6, 6.07) is 15.4. The van der Waals surface area contributed by atoms with Crippen LogP contribution in [0.4, 0.5) is 20.9 Å². The summed E-state index contributed by atoms with van der Waals surface area (Å²) >= 11 is 1.31. The quantitative estimate of drug-likeness (QED) is 0.446. The van der Waals surface area contributed by atoms with E-state index >= 15 is 0 Å². The van der Waals surface area contributed by atoms with E-state index in [-0.39, 0.29) is 5.82 Å². The van der Waals surface area contributed by atoms with Crippen LogP contribution in [0.3, 0.4) is 0 Å². The molecule has 30 heavy (non-hydrogen) atoms. The molecule has 4 heterocycles. The maximum atomic E-state index is 13.8. The molecule has 1 atom stereocenters. The van der Waals surface area contributed by atoms with Gasteiger partial charge in [0.05, 0.1) is 17.6 Å². The number of fused-ring (bicyclic) bond motifs is 2. The van der Waals surface area contributed by atoms with Gasteiger partial charge in [-0.05, 0) is 42.5 Å². The van der Waals surface area contributed by atoms with Crippen molar-refractivity contribution in [3.63, 3.8) is 0 Å². The zero-order chi connectivity index (χ0) is 20.1. The van der Waals surface area contributed by atoms with Gasteiger partial charge >= 0.3 is 6.29 Å². The lowest BCUT2D eigenvalue weighted by Gasteiger charge is -2.34. The lowest BCUT2D eigenvalue weighted by Crippen LogP contribution is -2.62. The lowest BCUT2D eigenvalue weighted by atomic mass is 10.3. The third-order valence-corrected chi connectivity index (χ3v) is 5.63. The largest absolute Gasteiger partial charge is 0.462 e. The first-order valence-electron chi connectivity index (χ1n) is 9.12. The van der Waals surface area contributed by atoms with Gasteiger partial charge in [0.2, 0.25) is 5.13 Å². The first-order chi connectivity index (χ1) is 14.7. The normalized spacial score (nSPS) is 19.2. The van der Waals surface area contributed by atoms with E-state index in [9.17, 15) is 4.39 Å². The van der Waals surface area contributed by atoms with Gasteiger partial charge in [-0.25, -0.2) is 4.39 Å². The second-order valence-electron chi connectivity index (χ2n) is 6.78. The molecule has 3 N–H and O–H groups in total. The zero-order valence-corrected chi connectivity index (χ0v) is 16.1. The first kappa shape index (κ1) is 17.1. The summed E-state index contributed by atoms with van der Waals surface area (Å²) in [4.78, 5) is 0. The zero-order valence-electron chi connectivity index (χ0n) is 15.3. The van der Waals surface area contributed by atoms with Crippen LogP contribution in [0.1, 0.15) is 0 Å². The SMILES string of the molecule is Fc1ccc2c(c1)NC(Nc1nnc(-c3ccco3)s1)(C1Oc3ccccc3O1)N2. The average Bonchev–Trinajstić information content (AvgIpc) is 3.52. The lowest BCUT2D eigenvalue weighted by molar-refractivity contribution is 0.0102. The molecule has 0 saturated carbocycles. The Morgan fingerprint density at radius 1 is 0.967 bits per heavy atom.